The molecule has 5 nitrogen and oxygen atoms in total. The van der Waals surface area contributed by atoms with E-state index in [0.29, 0.717) is 10.4 Å². The summed E-state index contributed by atoms with van der Waals surface area (Å²) in [5.74, 6) is 0. The Kier molecular flexibility index (Phi) is 1.99. The number of anilines is 1. The molecule has 0 radical (unpaired) electrons. The zero-order valence-electron chi connectivity index (χ0n) is 20.4. The van der Waals surface area contributed by atoms with Gasteiger partial charge in [0.1, 0.15) is 0 Å². The highest BCUT2D eigenvalue weighted by Gasteiger charge is 2.51. The van der Waals surface area contributed by atoms with Gasteiger partial charge in [-0.05, 0) is 33.8 Å². The van der Waals surface area contributed by atoms with E-state index in [0.717, 1.165) is 6.20 Å². The van der Waals surface area contributed by atoms with Crippen LogP contribution in [-0.4, -0.2) is 49.4 Å². The summed E-state index contributed by atoms with van der Waals surface area (Å²) in [6.07, 6.45) is 2.54. The minimum atomic E-state index is -3.14. The standard InChI is InChI=1S/C15H23BN2O3/c1-14(2)15(3,4)21-16(20-14)12-9-13(11-17-10-12)18-5-7-19-8-6-18/h9-11H,5-8H2,1-4H3/i5D2,6D2,7D2,8D2. The summed E-state index contributed by atoms with van der Waals surface area (Å²) < 4.78 is 80.3. The van der Waals surface area contributed by atoms with E-state index in [-0.39, 0.29) is 5.69 Å². The molecular formula is C15H23BN2O3. The number of ether oxygens (including phenoxy) is 1. The van der Waals surface area contributed by atoms with Crippen molar-refractivity contribution in [2.75, 3.05) is 31.0 Å². The molecule has 0 atom stereocenters. The summed E-state index contributed by atoms with van der Waals surface area (Å²) in [4.78, 5) is 4.39. The molecule has 1 aromatic heterocycles. The summed E-state index contributed by atoms with van der Waals surface area (Å²) >= 11 is 0. The Labute approximate surface area is 138 Å². The smallest absolute Gasteiger partial charge is 0.399 e. The molecule has 2 fully saturated rings. The second-order valence-electron chi connectivity index (χ2n) is 5.93. The molecule has 114 valence electrons. The fraction of sp³-hybridized carbons (Fsp3) is 0.667. The predicted molar refractivity (Wildman–Crippen MR) is 83.0 cm³/mol. The van der Waals surface area contributed by atoms with Crippen LogP contribution in [0.3, 0.4) is 0 Å². The van der Waals surface area contributed by atoms with Crippen LogP contribution in [0, 0.1) is 0 Å². The second kappa shape index (κ2) is 5.27. The highest BCUT2D eigenvalue weighted by molar-refractivity contribution is 6.62. The lowest BCUT2D eigenvalue weighted by Crippen LogP contribution is -2.41. The van der Waals surface area contributed by atoms with Crippen LogP contribution in [0.4, 0.5) is 5.69 Å². The van der Waals surface area contributed by atoms with Gasteiger partial charge in [0, 0.05) is 24.7 Å². The van der Waals surface area contributed by atoms with Crippen molar-refractivity contribution in [1.82, 2.24) is 4.98 Å². The molecule has 0 spiro atoms. The van der Waals surface area contributed by atoms with Crippen molar-refractivity contribution in [3.05, 3.63) is 18.5 Å². The van der Waals surface area contributed by atoms with E-state index in [9.17, 15) is 0 Å². The fourth-order valence-corrected chi connectivity index (χ4v) is 1.99. The normalized spacial score (nSPS) is 39.6. The van der Waals surface area contributed by atoms with Gasteiger partial charge in [0.15, 0.2) is 0 Å². The van der Waals surface area contributed by atoms with E-state index < -0.39 is 44.4 Å². The third-order valence-corrected chi connectivity index (χ3v) is 3.95. The molecule has 3 rings (SSSR count). The van der Waals surface area contributed by atoms with Crippen molar-refractivity contribution < 1.29 is 25.0 Å². The van der Waals surface area contributed by atoms with Crippen molar-refractivity contribution in [1.29, 1.82) is 0 Å². The summed E-state index contributed by atoms with van der Waals surface area (Å²) in [7, 11) is -0.862. The van der Waals surface area contributed by atoms with Gasteiger partial charge in [0.05, 0.1) is 47.2 Å². The maximum absolute atomic E-state index is 8.16. The average Bonchev–Trinajstić information content (AvgIpc) is 2.73. The van der Waals surface area contributed by atoms with Crippen LogP contribution in [-0.2, 0) is 14.0 Å². The molecular weight excluding hydrogens is 267 g/mol. The van der Waals surface area contributed by atoms with Crippen LogP contribution < -0.4 is 10.4 Å². The van der Waals surface area contributed by atoms with E-state index in [1.807, 2.05) is 27.7 Å². The first kappa shape index (κ1) is 7.95. The van der Waals surface area contributed by atoms with Gasteiger partial charge in [-0.15, -0.1) is 0 Å². The molecule has 21 heavy (non-hydrogen) atoms. The molecule has 0 bridgehead atoms. The summed E-state index contributed by atoms with van der Waals surface area (Å²) in [6.45, 7) is -4.94. The molecule has 2 aliphatic heterocycles. The Balaban J connectivity index is 2.07. The summed E-state index contributed by atoms with van der Waals surface area (Å²) in [5.41, 5.74) is -1.11. The van der Waals surface area contributed by atoms with E-state index in [1.165, 1.54) is 12.3 Å². The molecule has 2 saturated heterocycles. The lowest BCUT2D eigenvalue weighted by Gasteiger charge is -2.32. The van der Waals surface area contributed by atoms with Crippen LogP contribution in [0.25, 0.3) is 0 Å². The zero-order chi connectivity index (χ0) is 22.3. The molecule has 0 unspecified atom stereocenters. The topological polar surface area (TPSA) is 43.8 Å². The molecule has 0 amide bonds. The molecule has 6 heteroatoms. The molecule has 0 N–H and O–H groups in total. The number of nitrogens with zero attached hydrogens (tertiary/aromatic N) is 2. The lowest BCUT2D eigenvalue weighted by molar-refractivity contribution is 0.00578. The molecule has 0 aromatic carbocycles. The van der Waals surface area contributed by atoms with Crippen molar-refractivity contribution in [2.45, 2.75) is 38.9 Å². The maximum atomic E-state index is 8.16. The minimum absolute atomic E-state index is 0.178. The Bertz CT molecular complexity index is 779. The van der Waals surface area contributed by atoms with Crippen molar-refractivity contribution in [3.63, 3.8) is 0 Å². The lowest BCUT2D eigenvalue weighted by atomic mass is 9.80. The number of rotatable bonds is 2. The van der Waals surface area contributed by atoms with Gasteiger partial charge in [-0.2, -0.15) is 0 Å². The Hall–Kier alpha value is -1.11. The van der Waals surface area contributed by atoms with Crippen LogP contribution in [0.15, 0.2) is 18.5 Å². The molecule has 1 aromatic rings. The quantitative estimate of drug-likeness (QED) is 0.768. The van der Waals surface area contributed by atoms with Crippen molar-refractivity contribution in [3.8, 4) is 0 Å². The average molecular weight is 298 g/mol. The van der Waals surface area contributed by atoms with Crippen LogP contribution in [0.2, 0.25) is 0 Å². The van der Waals surface area contributed by atoms with Gasteiger partial charge in [-0.1, -0.05) is 0 Å². The minimum Gasteiger partial charge on any atom is -0.399 e. The van der Waals surface area contributed by atoms with Gasteiger partial charge in [-0.3, -0.25) is 4.98 Å². The highest BCUT2D eigenvalue weighted by Crippen LogP contribution is 2.36. The molecule has 3 heterocycles. The predicted octanol–water partition coefficient (Wildman–Crippen LogP) is 1.22. The fourth-order valence-electron chi connectivity index (χ4n) is 1.99. The van der Waals surface area contributed by atoms with Gasteiger partial charge in [-0.25, -0.2) is 0 Å². The van der Waals surface area contributed by atoms with E-state index in [2.05, 4.69) is 9.72 Å². The van der Waals surface area contributed by atoms with Gasteiger partial charge < -0.3 is 18.9 Å². The number of hydrogen-bond acceptors (Lipinski definition) is 5. The first-order valence-electron chi connectivity index (χ1n) is 10.7. The first-order chi connectivity index (χ1) is 12.9. The Morgan fingerprint density at radius 1 is 1.14 bits per heavy atom. The number of pyridine rings is 1. The largest absolute Gasteiger partial charge is 0.496 e. The Morgan fingerprint density at radius 3 is 2.38 bits per heavy atom. The van der Waals surface area contributed by atoms with Gasteiger partial charge >= 0.3 is 7.12 Å². The van der Waals surface area contributed by atoms with Crippen LogP contribution in [0.1, 0.15) is 38.7 Å². The number of hydrogen-bond donors (Lipinski definition) is 0. The van der Waals surface area contributed by atoms with Gasteiger partial charge in [0.2, 0.25) is 0 Å². The Morgan fingerprint density at radius 2 is 1.76 bits per heavy atom. The van der Waals surface area contributed by atoms with Crippen LogP contribution in [0.5, 0.6) is 0 Å². The molecule has 2 aliphatic rings. The van der Waals surface area contributed by atoms with E-state index in [1.54, 1.807) is 0 Å². The monoisotopic (exact) mass is 298 g/mol. The maximum Gasteiger partial charge on any atom is 0.496 e. The van der Waals surface area contributed by atoms with E-state index in [4.69, 9.17) is 20.3 Å². The van der Waals surface area contributed by atoms with E-state index >= 15 is 0 Å². The first-order valence-corrected chi connectivity index (χ1v) is 6.67. The van der Waals surface area contributed by atoms with Crippen molar-refractivity contribution in [2.24, 2.45) is 0 Å². The van der Waals surface area contributed by atoms with Crippen molar-refractivity contribution >= 4 is 18.3 Å². The molecule has 0 aliphatic carbocycles. The molecule has 0 saturated carbocycles. The zero-order valence-corrected chi connectivity index (χ0v) is 12.4. The second-order valence-corrected chi connectivity index (χ2v) is 5.93. The number of morpholine rings is 1. The van der Waals surface area contributed by atoms with Gasteiger partial charge in [0.25, 0.3) is 0 Å². The highest BCUT2D eigenvalue weighted by atomic mass is 16.7. The summed E-state index contributed by atoms with van der Waals surface area (Å²) in [6, 6.07) is 1.35. The summed E-state index contributed by atoms with van der Waals surface area (Å²) in [5, 5.41) is 0. The third kappa shape index (κ3) is 2.80. The SMILES string of the molecule is [2H]C1([2H])OC([2H])([2H])C([2H])([2H])N(c2cncc(B3OC(C)(C)C(C)(C)O3)c2)C1([2H])[2H]. The number of aromatic nitrogens is 1. The third-order valence-electron chi connectivity index (χ3n) is 3.95. The van der Waals surface area contributed by atoms with Crippen LogP contribution >= 0.6 is 0 Å².